The summed E-state index contributed by atoms with van der Waals surface area (Å²) in [6, 6.07) is 15.5. The maximum Gasteiger partial charge on any atom is 0.338 e. The molecule has 0 saturated carbocycles. The fourth-order valence-electron chi connectivity index (χ4n) is 3.43. The highest BCUT2D eigenvalue weighted by Crippen LogP contribution is 2.34. The molecule has 1 aliphatic carbocycles. The van der Waals surface area contributed by atoms with Gasteiger partial charge in [-0.2, -0.15) is 0 Å². The van der Waals surface area contributed by atoms with Gasteiger partial charge in [-0.25, -0.2) is 4.79 Å². The van der Waals surface area contributed by atoms with Gasteiger partial charge < -0.3 is 10.1 Å². The van der Waals surface area contributed by atoms with E-state index in [2.05, 4.69) is 34.5 Å². The van der Waals surface area contributed by atoms with Crippen LogP contribution < -0.4 is 5.32 Å². The molecule has 1 amide bonds. The van der Waals surface area contributed by atoms with Gasteiger partial charge in [-0.15, -0.1) is 0 Å². The maximum absolute atomic E-state index is 12.4. The normalized spacial score (nSPS) is 15.6. The van der Waals surface area contributed by atoms with Crippen LogP contribution in [-0.4, -0.2) is 37.0 Å². The number of aryl methyl sites for hydroxylation is 1. The Morgan fingerprint density at radius 3 is 2.62 bits per heavy atom. The molecular formula is C21H24N2O3. The van der Waals surface area contributed by atoms with Gasteiger partial charge in [0.05, 0.1) is 18.7 Å². The van der Waals surface area contributed by atoms with Gasteiger partial charge in [0, 0.05) is 11.7 Å². The average Bonchev–Trinajstić information content (AvgIpc) is 3.06. The van der Waals surface area contributed by atoms with Crippen LogP contribution in [0.4, 0.5) is 5.69 Å². The molecular weight excluding hydrogens is 328 g/mol. The number of esters is 1. The molecule has 0 heterocycles. The summed E-state index contributed by atoms with van der Waals surface area (Å²) in [5.74, 6) is -0.425. The van der Waals surface area contributed by atoms with Gasteiger partial charge in [-0.3, -0.25) is 9.69 Å². The first-order valence-electron chi connectivity index (χ1n) is 8.93. The van der Waals surface area contributed by atoms with Crippen molar-refractivity contribution in [2.45, 2.75) is 25.8 Å². The van der Waals surface area contributed by atoms with E-state index in [9.17, 15) is 9.59 Å². The molecule has 0 aromatic heterocycles. The first kappa shape index (κ1) is 18.1. The fourth-order valence-corrected chi connectivity index (χ4v) is 3.43. The molecule has 1 N–H and O–H groups in total. The van der Waals surface area contributed by atoms with Crippen LogP contribution >= 0.6 is 0 Å². The molecule has 0 fully saturated rings. The molecule has 26 heavy (non-hydrogen) atoms. The lowest BCUT2D eigenvalue weighted by atomic mass is 10.1. The van der Waals surface area contributed by atoms with Crippen molar-refractivity contribution >= 4 is 17.6 Å². The molecule has 1 atom stereocenters. The van der Waals surface area contributed by atoms with Crippen molar-refractivity contribution in [3.05, 3.63) is 65.2 Å². The Balaban J connectivity index is 1.56. The zero-order chi connectivity index (χ0) is 18.5. The Kier molecular flexibility index (Phi) is 5.68. The van der Waals surface area contributed by atoms with E-state index in [0.29, 0.717) is 24.4 Å². The first-order valence-corrected chi connectivity index (χ1v) is 8.93. The lowest BCUT2D eigenvalue weighted by molar-refractivity contribution is -0.117. The minimum Gasteiger partial charge on any atom is -0.462 e. The van der Waals surface area contributed by atoms with Crippen LogP contribution in [0.1, 0.15) is 40.9 Å². The maximum atomic E-state index is 12.4. The number of benzene rings is 2. The van der Waals surface area contributed by atoms with Crippen molar-refractivity contribution in [3.8, 4) is 0 Å². The number of hydrogen-bond donors (Lipinski definition) is 1. The van der Waals surface area contributed by atoms with Gasteiger partial charge in [0.25, 0.3) is 0 Å². The summed E-state index contributed by atoms with van der Waals surface area (Å²) in [4.78, 5) is 26.1. The highest BCUT2D eigenvalue weighted by Gasteiger charge is 2.26. The van der Waals surface area contributed by atoms with Crippen LogP contribution in [0.2, 0.25) is 0 Å². The number of amides is 1. The van der Waals surface area contributed by atoms with Crippen molar-refractivity contribution < 1.29 is 14.3 Å². The molecule has 1 aliphatic rings. The van der Waals surface area contributed by atoms with Crippen LogP contribution in [0.3, 0.4) is 0 Å². The molecule has 2 aromatic rings. The minimum absolute atomic E-state index is 0.0687. The first-order chi connectivity index (χ1) is 12.6. The number of hydrogen-bond acceptors (Lipinski definition) is 4. The number of nitrogens with one attached hydrogen (secondary N) is 1. The summed E-state index contributed by atoms with van der Waals surface area (Å²) in [6.07, 6.45) is 2.10. The summed E-state index contributed by atoms with van der Waals surface area (Å²) in [6.45, 7) is 2.43. The fraction of sp³-hybridized carbons (Fsp3) is 0.333. The quantitative estimate of drug-likeness (QED) is 0.810. The van der Waals surface area contributed by atoms with Crippen molar-refractivity contribution in [1.82, 2.24) is 4.90 Å². The van der Waals surface area contributed by atoms with Crippen LogP contribution in [0, 0.1) is 0 Å². The summed E-state index contributed by atoms with van der Waals surface area (Å²) < 4.78 is 4.95. The average molecular weight is 352 g/mol. The smallest absolute Gasteiger partial charge is 0.338 e. The highest BCUT2D eigenvalue weighted by atomic mass is 16.5. The molecule has 0 saturated heterocycles. The number of ether oxygens (including phenoxy) is 1. The Morgan fingerprint density at radius 2 is 1.88 bits per heavy atom. The van der Waals surface area contributed by atoms with E-state index in [1.54, 1.807) is 31.2 Å². The summed E-state index contributed by atoms with van der Waals surface area (Å²) in [5.41, 5.74) is 3.84. The summed E-state index contributed by atoms with van der Waals surface area (Å²) >= 11 is 0. The van der Waals surface area contributed by atoms with E-state index in [4.69, 9.17) is 4.74 Å². The topological polar surface area (TPSA) is 58.6 Å². The zero-order valence-electron chi connectivity index (χ0n) is 15.2. The largest absolute Gasteiger partial charge is 0.462 e. The molecule has 0 aliphatic heterocycles. The van der Waals surface area contributed by atoms with E-state index >= 15 is 0 Å². The molecule has 136 valence electrons. The summed E-state index contributed by atoms with van der Waals surface area (Å²) in [5, 5.41) is 2.89. The molecule has 5 nitrogen and oxygen atoms in total. The highest BCUT2D eigenvalue weighted by molar-refractivity contribution is 5.94. The molecule has 1 unspecified atom stereocenters. The van der Waals surface area contributed by atoms with E-state index in [0.717, 1.165) is 12.8 Å². The van der Waals surface area contributed by atoms with Gasteiger partial charge in [-0.1, -0.05) is 24.3 Å². The predicted molar refractivity (Wildman–Crippen MR) is 101 cm³/mol. The number of rotatable bonds is 6. The lowest BCUT2D eigenvalue weighted by Gasteiger charge is -2.24. The second kappa shape index (κ2) is 8.15. The number of fused-ring (bicyclic) bond motifs is 1. The third-order valence-corrected chi connectivity index (χ3v) is 4.71. The van der Waals surface area contributed by atoms with Crippen LogP contribution in [0.15, 0.2) is 48.5 Å². The standard InChI is InChI=1S/C21H24N2O3/c1-3-26-21(25)16-8-11-17(12-9-16)22-20(24)14-23(2)19-13-10-15-6-4-5-7-18(15)19/h4-9,11-12,19H,3,10,13-14H2,1-2H3,(H,22,24). The number of anilines is 1. The summed E-state index contributed by atoms with van der Waals surface area (Å²) in [7, 11) is 1.98. The number of carbonyl (C=O) groups is 2. The Morgan fingerprint density at radius 1 is 1.15 bits per heavy atom. The third kappa shape index (κ3) is 4.11. The Bertz CT molecular complexity index is 786. The van der Waals surface area contributed by atoms with E-state index in [1.807, 2.05) is 7.05 Å². The van der Waals surface area contributed by atoms with Gasteiger partial charge in [0.15, 0.2) is 0 Å². The predicted octanol–water partition coefficient (Wildman–Crippen LogP) is 3.42. The lowest BCUT2D eigenvalue weighted by Crippen LogP contribution is -2.32. The van der Waals surface area contributed by atoms with Crippen molar-refractivity contribution in [2.75, 3.05) is 25.5 Å². The second-order valence-corrected chi connectivity index (χ2v) is 6.51. The van der Waals surface area contributed by atoms with E-state index in [-0.39, 0.29) is 17.9 Å². The van der Waals surface area contributed by atoms with Crippen LogP contribution in [-0.2, 0) is 16.0 Å². The number of likely N-dealkylation sites (N-methyl/N-ethyl adjacent to an activating group) is 1. The van der Waals surface area contributed by atoms with E-state index < -0.39 is 0 Å². The Labute approximate surface area is 154 Å². The third-order valence-electron chi connectivity index (χ3n) is 4.71. The van der Waals surface area contributed by atoms with Crippen molar-refractivity contribution in [2.24, 2.45) is 0 Å². The van der Waals surface area contributed by atoms with Gasteiger partial charge in [-0.05, 0) is 62.2 Å². The Hall–Kier alpha value is -2.66. The second-order valence-electron chi connectivity index (χ2n) is 6.51. The number of nitrogens with zero attached hydrogens (tertiary/aromatic N) is 1. The number of carbonyl (C=O) groups excluding carboxylic acids is 2. The molecule has 0 bridgehead atoms. The molecule has 0 spiro atoms. The van der Waals surface area contributed by atoms with Gasteiger partial charge in [0.2, 0.25) is 5.91 Å². The van der Waals surface area contributed by atoms with E-state index in [1.165, 1.54) is 11.1 Å². The zero-order valence-corrected chi connectivity index (χ0v) is 15.2. The molecule has 3 rings (SSSR count). The van der Waals surface area contributed by atoms with Crippen molar-refractivity contribution in [1.29, 1.82) is 0 Å². The van der Waals surface area contributed by atoms with Gasteiger partial charge in [0.1, 0.15) is 0 Å². The van der Waals surface area contributed by atoms with Crippen LogP contribution in [0.5, 0.6) is 0 Å². The molecule has 2 aromatic carbocycles. The molecule has 0 radical (unpaired) electrons. The molecule has 5 heteroatoms. The van der Waals surface area contributed by atoms with Crippen molar-refractivity contribution in [3.63, 3.8) is 0 Å². The minimum atomic E-state index is -0.356. The monoisotopic (exact) mass is 352 g/mol. The van der Waals surface area contributed by atoms with Gasteiger partial charge >= 0.3 is 5.97 Å². The van der Waals surface area contributed by atoms with Crippen LogP contribution in [0.25, 0.3) is 0 Å². The SMILES string of the molecule is CCOC(=O)c1ccc(NC(=O)CN(C)C2CCc3ccccc32)cc1.